The van der Waals surface area contributed by atoms with E-state index in [1.54, 1.807) is 0 Å². The lowest BCUT2D eigenvalue weighted by Gasteiger charge is -2.18. The van der Waals surface area contributed by atoms with Crippen LogP contribution < -0.4 is 10.5 Å². The number of hydrogen-bond donors (Lipinski definition) is 2. The first-order chi connectivity index (χ1) is 12.4. The Morgan fingerprint density at radius 2 is 1.65 bits per heavy atom. The summed E-state index contributed by atoms with van der Waals surface area (Å²) < 4.78 is 27.7. The Morgan fingerprint density at radius 1 is 1.00 bits per heavy atom. The summed E-state index contributed by atoms with van der Waals surface area (Å²) in [6.07, 6.45) is 0. The second-order valence-corrected chi connectivity index (χ2v) is 7.48. The van der Waals surface area contributed by atoms with Crippen LogP contribution >= 0.6 is 0 Å². The van der Waals surface area contributed by atoms with Crippen molar-refractivity contribution >= 4 is 26.5 Å². The average Bonchev–Trinajstić information content (AvgIpc) is 2.65. The fourth-order valence-electron chi connectivity index (χ4n) is 2.68. The maximum absolute atomic E-state index is 12.6. The molecule has 0 amide bonds. The van der Waals surface area contributed by atoms with Crippen molar-refractivity contribution in [3.63, 3.8) is 0 Å². The van der Waals surface area contributed by atoms with Crippen LogP contribution in [-0.2, 0) is 10.0 Å². The lowest BCUT2D eigenvalue weighted by molar-refractivity contribution is -0.384. The molecule has 1 atom stereocenters. The Morgan fingerprint density at radius 3 is 2.27 bits per heavy atom. The Bertz CT molecular complexity index is 1050. The van der Waals surface area contributed by atoms with Gasteiger partial charge in [0.1, 0.15) is 0 Å². The first kappa shape index (κ1) is 18.0. The van der Waals surface area contributed by atoms with Gasteiger partial charge >= 0.3 is 0 Å². The zero-order chi connectivity index (χ0) is 18.7. The first-order valence-corrected chi connectivity index (χ1v) is 9.34. The normalized spacial score (nSPS) is 12.8. The number of nitrogens with one attached hydrogen (secondary N) is 1. The molecule has 0 aliphatic carbocycles. The van der Waals surface area contributed by atoms with Crippen LogP contribution in [-0.4, -0.2) is 19.9 Å². The minimum Gasteiger partial charge on any atom is -0.329 e. The van der Waals surface area contributed by atoms with Crippen molar-refractivity contribution in [3.8, 4) is 0 Å². The van der Waals surface area contributed by atoms with Gasteiger partial charge in [-0.25, -0.2) is 13.1 Å². The van der Waals surface area contributed by atoms with Gasteiger partial charge < -0.3 is 5.73 Å². The molecule has 0 aliphatic heterocycles. The number of rotatable bonds is 6. The van der Waals surface area contributed by atoms with Crippen LogP contribution in [0.2, 0.25) is 0 Å². The summed E-state index contributed by atoms with van der Waals surface area (Å²) in [4.78, 5) is 10.1. The number of benzene rings is 3. The van der Waals surface area contributed by atoms with Gasteiger partial charge in [0.15, 0.2) is 0 Å². The molecule has 0 spiro atoms. The number of nitrogens with two attached hydrogens (primary N) is 1. The zero-order valence-corrected chi connectivity index (χ0v) is 14.5. The molecule has 134 valence electrons. The third-order valence-electron chi connectivity index (χ3n) is 4.07. The molecule has 0 heterocycles. The minimum absolute atomic E-state index is 0.0534. The quantitative estimate of drug-likeness (QED) is 0.510. The van der Waals surface area contributed by atoms with E-state index in [2.05, 4.69) is 4.72 Å². The largest absolute Gasteiger partial charge is 0.329 e. The number of non-ortho nitro benzene ring substituents is 1. The summed E-state index contributed by atoms with van der Waals surface area (Å²) in [6.45, 7) is 0.0740. The molecule has 0 aliphatic rings. The van der Waals surface area contributed by atoms with Crippen molar-refractivity contribution in [3.05, 3.63) is 82.4 Å². The van der Waals surface area contributed by atoms with E-state index in [4.69, 9.17) is 5.73 Å². The van der Waals surface area contributed by atoms with E-state index in [9.17, 15) is 18.5 Å². The fourth-order valence-corrected chi connectivity index (χ4v) is 3.92. The number of nitro groups is 1. The molecular formula is C18H17N3O4S. The van der Waals surface area contributed by atoms with E-state index in [0.29, 0.717) is 0 Å². The van der Waals surface area contributed by atoms with E-state index in [-0.39, 0.29) is 17.1 Å². The van der Waals surface area contributed by atoms with Gasteiger partial charge in [0.05, 0.1) is 15.9 Å². The molecule has 3 N–H and O–H groups in total. The summed E-state index contributed by atoms with van der Waals surface area (Å²) in [6, 6.07) is 17.5. The highest BCUT2D eigenvalue weighted by Gasteiger charge is 2.21. The number of sulfonamides is 1. The van der Waals surface area contributed by atoms with Gasteiger partial charge in [0.25, 0.3) is 5.69 Å². The molecule has 0 bridgehead atoms. The van der Waals surface area contributed by atoms with Crippen LogP contribution in [0.15, 0.2) is 71.6 Å². The van der Waals surface area contributed by atoms with Crippen LogP contribution in [0, 0.1) is 10.1 Å². The van der Waals surface area contributed by atoms with Crippen LogP contribution in [0.1, 0.15) is 11.6 Å². The van der Waals surface area contributed by atoms with Gasteiger partial charge in [-0.2, -0.15) is 0 Å². The zero-order valence-electron chi connectivity index (χ0n) is 13.7. The van der Waals surface area contributed by atoms with E-state index in [1.165, 1.54) is 12.1 Å². The Labute approximate surface area is 150 Å². The minimum atomic E-state index is -3.87. The smallest absolute Gasteiger partial charge is 0.269 e. The summed E-state index contributed by atoms with van der Waals surface area (Å²) in [7, 11) is -3.87. The number of fused-ring (bicyclic) bond motifs is 1. The Balaban J connectivity index is 1.88. The highest BCUT2D eigenvalue weighted by Crippen LogP contribution is 2.22. The summed E-state index contributed by atoms with van der Waals surface area (Å²) in [5, 5.41) is 12.7. The first-order valence-electron chi connectivity index (χ1n) is 7.86. The van der Waals surface area contributed by atoms with Crippen molar-refractivity contribution in [1.29, 1.82) is 0 Å². The molecule has 8 heteroatoms. The second-order valence-electron chi connectivity index (χ2n) is 5.77. The Hall–Kier alpha value is -2.81. The van der Waals surface area contributed by atoms with E-state index < -0.39 is 21.0 Å². The van der Waals surface area contributed by atoms with Crippen LogP contribution in [0.5, 0.6) is 0 Å². The van der Waals surface area contributed by atoms with Crippen LogP contribution in [0.3, 0.4) is 0 Å². The van der Waals surface area contributed by atoms with E-state index in [1.807, 2.05) is 42.5 Å². The summed E-state index contributed by atoms with van der Waals surface area (Å²) >= 11 is 0. The van der Waals surface area contributed by atoms with Crippen LogP contribution in [0.4, 0.5) is 5.69 Å². The SMILES string of the molecule is NC[C@H](NS(=O)(=O)c1ccc([N+](=O)[O-])cc1)c1ccc2ccccc2c1. The van der Waals surface area contributed by atoms with Gasteiger partial charge in [-0.05, 0) is 34.5 Å². The maximum Gasteiger partial charge on any atom is 0.269 e. The van der Waals surface area contributed by atoms with Gasteiger partial charge in [-0.1, -0.05) is 36.4 Å². The Kier molecular flexibility index (Phi) is 4.99. The third kappa shape index (κ3) is 3.72. The molecule has 0 unspecified atom stereocenters. The van der Waals surface area contributed by atoms with Gasteiger partial charge in [-0.3, -0.25) is 10.1 Å². The third-order valence-corrected chi connectivity index (χ3v) is 5.55. The van der Waals surface area contributed by atoms with Gasteiger partial charge in [0.2, 0.25) is 10.0 Å². The molecule has 3 rings (SSSR count). The lowest BCUT2D eigenvalue weighted by atomic mass is 10.0. The highest BCUT2D eigenvalue weighted by molar-refractivity contribution is 7.89. The maximum atomic E-state index is 12.6. The number of hydrogen-bond acceptors (Lipinski definition) is 5. The molecule has 0 radical (unpaired) electrons. The molecular weight excluding hydrogens is 354 g/mol. The van der Waals surface area contributed by atoms with Crippen molar-refractivity contribution in [2.45, 2.75) is 10.9 Å². The van der Waals surface area contributed by atoms with E-state index >= 15 is 0 Å². The molecule has 3 aromatic rings. The topological polar surface area (TPSA) is 115 Å². The van der Waals surface area contributed by atoms with Gasteiger partial charge in [0, 0.05) is 18.7 Å². The number of nitrogens with zero attached hydrogens (tertiary/aromatic N) is 1. The highest BCUT2D eigenvalue weighted by atomic mass is 32.2. The van der Waals surface area contributed by atoms with Crippen molar-refractivity contribution in [2.75, 3.05) is 6.54 Å². The monoisotopic (exact) mass is 371 g/mol. The van der Waals surface area contributed by atoms with Crippen LogP contribution in [0.25, 0.3) is 10.8 Å². The molecule has 0 saturated heterocycles. The molecule has 0 fully saturated rings. The summed E-state index contributed by atoms with van der Waals surface area (Å²) in [5.74, 6) is 0. The van der Waals surface area contributed by atoms with E-state index in [0.717, 1.165) is 28.5 Å². The molecule has 7 nitrogen and oxygen atoms in total. The molecule has 0 saturated carbocycles. The average molecular weight is 371 g/mol. The van der Waals surface area contributed by atoms with Crippen molar-refractivity contribution in [1.82, 2.24) is 4.72 Å². The molecule has 3 aromatic carbocycles. The molecule has 0 aromatic heterocycles. The fraction of sp³-hybridized carbons (Fsp3) is 0.111. The predicted molar refractivity (Wildman–Crippen MR) is 99.2 cm³/mol. The molecule has 26 heavy (non-hydrogen) atoms. The van der Waals surface area contributed by atoms with Gasteiger partial charge in [-0.15, -0.1) is 0 Å². The lowest BCUT2D eigenvalue weighted by Crippen LogP contribution is -2.33. The second kappa shape index (κ2) is 7.20. The number of nitro benzene ring substituents is 1. The van der Waals surface area contributed by atoms with Crippen molar-refractivity contribution < 1.29 is 13.3 Å². The summed E-state index contributed by atoms with van der Waals surface area (Å²) in [5.41, 5.74) is 6.36. The predicted octanol–water partition coefficient (Wildman–Crippen LogP) is 2.73. The standard InChI is InChI=1S/C18H17N3O4S/c19-12-18(15-6-5-13-3-1-2-4-14(13)11-15)20-26(24,25)17-9-7-16(8-10-17)21(22)23/h1-11,18,20H,12,19H2/t18-/m0/s1. The van der Waals surface area contributed by atoms with Crippen molar-refractivity contribution in [2.24, 2.45) is 5.73 Å².